The largest absolute Gasteiger partial charge is 0.145 e. The molecule has 1 heteroatoms. The van der Waals surface area contributed by atoms with Gasteiger partial charge in [0.15, 0.2) is 0 Å². The summed E-state index contributed by atoms with van der Waals surface area (Å²) in [4.78, 5) is 3.34. The Morgan fingerprint density at radius 3 is 2.86 bits per heavy atom. The Bertz CT molecular complexity index is 262. The van der Waals surface area contributed by atoms with Crippen molar-refractivity contribution in [1.82, 2.24) is 0 Å². The van der Waals surface area contributed by atoms with Crippen LogP contribution in [0.4, 0.5) is 0 Å². The van der Waals surface area contributed by atoms with Crippen LogP contribution in [0.2, 0.25) is 0 Å². The Morgan fingerprint density at radius 2 is 2.07 bits per heavy atom. The van der Waals surface area contributed by atoms with E-state index in [1.54, 1.807) is 15.3 Å². The molecule has 0 saturated carbocycles. The van der Waals surface area contributed by atoms with Gasteiger partial charge < -0.3 is 0 Å². The second kappa shape index (κ2) is 4.97. The summed E-state index contributed by atoms with van der Waals surface area (Å²) < 4.78 is 0. The highest BCUT2D eigenvalue weighted by Crippen LogP contribution is 2.30. The van der Waals surface area contributed by atoms with Crippen LogP contribution in [-0.2, 0) is 19.3 Å². The maximum Gasteiger partial charge on any atom is 0.00801 e. The van der Waals surface area contributed by atoms with Gasteiger partial charge in [-0.25, -0.2) is 0 Å². The minimum atomic E-state index is 1.32. The first-order valence-electron chi connectivity index (χ1n) is 6.00. The first-order valence-corrected chi connectivity index (χ1v) is 6.82. The van der Waals surface area contributed by atoms with E-state index < -0.39 is 0 Å². The van der Waals surface area contributed by atoms with E-state index in [-0.39, 0.29) is 0 Å². The minimum Gasteiger partial charge on any atom is -0.145 e. The van der Waals surface area contributed by atoms with Gasteiger partial charge in [0.1, 0.15) is 0 Å². The molecule has 1 aromatic rings. The average Bonchev–Trinajstić information content (AvgIpc) is 2.60. The molecule has 1 aliphatic rings. The van der Waals surface area contributed by atoms with E-state index in [1.165, 1.54) is 51.4 Å². The summed E-state index contributed by atoms with van der Waals surface area (Å²) in [7, 11) is 0. The van der Waals surface area contributed by atoms with Gasteiger partial charge in [0.2, 0.25) is 0 Å². The van der Waals surface area contributed by atoms with Crippen molar-refractivity contribution in [3.8, 4) is 0 Å². The van der Waals surface area contributed by atoms with E-state index in [0.29, 0.717) is 0 Å². The van der Waals surface area contributed by atoms with Gasteiger partial charge in [-0.05, 0) is 50.2 Å². The number of fused-ring (bicyclic) bond motifs is 1. The fourth-order valence-electron chi connectivity index (χ4n) is 2.22. The number of rotatable bonds is 4. The third kappa shape index (κ3) is 2.38. The molecular formula is C13H20S. The highest BCUT2D eigenvalue weighted by Gasteiger charge is 2.12. The lowest BCUT2D eigenvalue weighted by Crippen LogP contribution is -1.96. The molecule has 0 radical (unpaired) electrons. The van der Waals surface area contributed by atoms with Gasteiger partial charge in [-0.1, -0.05) is 19.8 Å². The quantitative estimate of drug-likeness (QED) is 0.645. The van der Waals surface area contributed by atoms with E-state index in [9.17, 15) is 0 Å². The van der Waals surface area contributed by atoms with Gasteiger partial charge in [0.25, 0.3) is 0 Å². The van der Waals surface area contributed by atoms with Crippen molar-refractivity contribution in [2.75, 3.05) is 0 Å². The van der Waals surface area contributed by atoms with E-state index in [0.717, 1.165) is 0 Å². The number of aryl methyl sites for hydroxylation is 3. The van der Waals surface area contributed by atoms with Crippen molar-refractivity contribution in [2.24, 2.45) is 0 Å². The Labute approximate surface area is 91.4 Å². The molecule has 2 rings (SSSR count). The molecule has 0 N–H and O–H groups in total. The van der Waals surface area contributed by atoms with Crippen molar-refractivity contribution in [3.05, 3.63) is 21.4 Å². The summed E-state index contributed by atoms with van der Waals surface area (Å²) >= 11 is 2.09. The van der Waals surface area contributed by atoms with Crippen LogP contribution in [0, 0.1) is 0 Å². The number of unbranched alkanes of at least 4 members (excludes halogenated alkanes) is 2. The number of hydrogen-bond acceptors (Lipinski definition) is 1. The van der Waals surface area contributed by atoms with Crippen LogP contribution >= 0.6 is 11.3 Å². The molecule has 1 aliphatic carbocycles. The molecule has 0 amide bonds. The Morgan fingerprint density at radius 1 is 1.21 bits per heavy atom. The lowest BCUT2D eigenvalue weighted by atomic mass is 9.99. The van der Waals surface area contributed by atoms with Crippen LogP contribution in [0.3, 0.4) is 0 Å². The first kappa shape index (κ1) is 10.2. The lowest BCUT2D eigenvalue weighted by molar-refractivity contribution is 0.696. The minimum absolute atomic E-state index is 1.32. The molecule has 1 aromatic heterocycles. The van der Waals surface area contributed by atoms with Crippen LogP contribution in [0.15, 0.2) is 6.07 Å². The Balaban J connectivity index is 1.94. The molecule has 0 bridgehead atoms. The highest BCUT2D eigenvalue weighted by molar-refractivity contribution is 7.12. The third-order valence-corrected chi connectivity index (χ3v) is 4.37. The number of hydrogen-bond donors (Lipinski definition) is 0. The second-order valence-corrected chi connectivity index (χ2v) is 5.55. The summed E-state index contributed by atoms with van der Waals surface area (Å²) in [6, 6.07) is 2.48. The normalized spacial score (nSPS) is 15.5. The van der Waals surface area contributed by atoms with E-state index in [2.05, 4.69) is 24.3 Å². The molecule has 14 heavy (non-hydrogen) atoms. The van der Waals surface area contributed by atoms with Gasteiger partial charge in [-0.3, -0.25) is 0 Å². The fourth-order valence-corrected chi connectivity index (χ4v) is 3.53. The first-order chi connectivity index (χ1) is 6.90. The van der Waals surface area contributed by atoms with Crippen LogP contribution in [0.25, 0.3) is 0 Å². The molecular weight excluding hydrogens is 188 g/mol. The fraction of sp³-hybridized carbons (Fsp3) is 0.692. The molecule has 0 spiro atoms. The van der Waals surface area contributed by atoms with Crippen molar-refractivity contribution >= 4 is 11.3 Å². The Hall–Kier alpha value is -0.300. The zero-order valence-corrected chi connectivity index (χ0v) is 9.96. The molecule has 0 atom stereocenters. The average molecular weight is 208 g/mol. The molecule has 0 aromatic carbocycles. The molecule has 0 aliphatic heterocycles. The smallest absolute Gasteiger partial charge is 0.00801 e. The second-order valence-electron chi connectivity index (χ2n) is 4.33. The van der Waals surface area contributed by atoms with Crippen molar-refractivity contribution < 1.29 is 0 Å². The van der Waals surface area contributed by atoms with Crippen LogP contribution in [0.5, 0.6) is 0 Å². The van der Waals surface area contributed by atoms with Crippen LogP contribution in [0.1, 0.15) is 54.3 Å². The topological polar surface area (TPSA) is 0 Å². The third-order valence-electron chi connectivity index (χ3n) is 3.07. The summed E-state index contributed by atoms with van der Waals surface area (Å²) in [5.74, 6) is 0. The Kier molecular flexibility index (Phi) is 3.63. The van der Waals surface area contributed by atoms with Crippen molar-refractivity contribution in [2.45, 2.75) is 58.3 Å². The lowest BCUT2D eigenvalue weighted by Gasteiger charge is -2.08. The molecule has 0 saturated heterocycles. The standard InChI is InChI=1S/C13H20S/c1-2-3-4-8-12-10-11-7-5-6-9-13(11)14-12/h10H,2-9H2,1H3. The zero-order valence-electron chi connectivity index (χ0n) is 9.14. The van der Waals surface area contributed by atoms with Crippen molar-refractivity contribution in [3.63, 3.8) is 0 Å². The van der Waals surface area contributed by atoms with Gasteiger partial charge in [0, 0.05) is 9.75 Å². The molecule has 0 fully saturated rings. The summed E-state index contributed by atoms with van der Waals surface area (Å²) in [6.45, 7) is 2.28. The highest BCUT2D eigenvalue weighted by atomic mass is 32.1. The predicted molar refractivity (Wildman–Crippen MR) is 64.2 cm³/mol. The monoisotopic (exact) mass is 208 g/mol. The maximum atomic E-state index is 2.48. The summed E-state index contributed by atoms with van der Waals surface area (Å²) in [5.41, 5.74) is 1.67. The van der Waals surface area contributed by atoms with Crippen molar-refractivity contribution in [1.29, 1.82) is 0 Å². The number of thiophene rings is 1. The SMILES string of the molecule is CCCCCc1cc2c(s1)CCCC2. The van der Waals surface area contributed by atoms with E-state index in [1.807, 2.05) is 0 Å². The molecule has 1 heterocycles. The molecule has 0 nitrogen and oxygen atoms in total. The predicted octanol–water partition coefficient (Wildman–Crippen LogP) is 4.36. The summed E-state index contributed by atoms with van der Waals surface area (Å²) in [5, 5.41) is 0. The van der Waals surface area contributed by atoms with Gasteiger partial charge >= 0.3 is 0 Å². The van der Waals surface area contributed by atoms with Crippen LogP contribution < -0.4 is 0 Å². The van der Waals surface area contributed by atoms with E-state index in [4.69, 9.17) is 0 Å². The van der Waals surface area contributed by atoms with Crippen LogP contribution in [-0.4, -0.2) is 0 Å². The zero-order chi connectivity index (χ0) is 9.80. The summed E-state index contributed by atoms with van der Waals surface area (Å²) in [6.07, 6.45) is 11.0. The van der Waals surface area contributed by atoms with Gasteiger partial charge in [0.05, 0.1) is 0 Å². The molecule has 78 valence electrons. The maximum absolute atomic E-state index is 2.48. The van der Waals surface area contributed by atoms with Gasteiger partial charge in [-0.15, -0.1) is 11.3 Å². The van der Waals surface area contributed by atoms with E-state index >= 15 is 0 Å². The molecule has 0 unspecified atom stereocenters. The van der Waals surface area contributed by atoms with Gasteiger partial charge in [-0.2, -0.15) is 0 Å².